The minimum absolute atomic E-state index is 0.0984. The maximum Gasteiger partial charge on any atom is 0.288 e. The number of thiazole rings is 1. The summed E-state index contributed by atoms with van der Waals surface area (Å²) in [5.74, 6) is 0. The molecule has 1 heterocycles. The third-order valence-electron chi connectivity index (χ3n) is 2.83. The van der Waals surface area contributed by atoms with Crippen LogP contribution in [0.25, 0.3) is 10.2 Å². The number of nitro groups is 1. The van der Waals surface area contributed by atoms with Gasteiger partial charge in [0.15, 0.2) is 0 Å². The van der Waals surface area contributed by atoms with Crippen molar-refractivity contribution in [3.63, 3.8) is 0 Å². The molecule has 110 valence electrons. The van der Waals surface area contributed by atoms with Crippen molar-refractivity contribution in [3.8, 4) is 0 Å². The molecule has 3 aromatic rings. The molecule has 0 aliphatic carbocycles. The van der Waals surface area contributed by atoms with Gasteiger partial charge in [-0.2, -0.15) is 5.10 Å². The lowest BCUT2D eigenvalue weighted by molar-refractivity contribution is -0.384. The molecular formula is C14H9ClN4O2S. The van der Waals surface area contributed by atoms with Gasteiger partial charge in [0.25, 0.3) is 5.69 Å². The smallest absolute Gasteiger partial charge is 0.258 e. The molecule has 8 heteroatoms. The molecular weight excluding hydrogens is 324 g/mol. The van der Waals surface area contributed by atoms with E-state index in [9.17, 15) is 10.1 Å². The Bertz CT molecular complexity index is 845. The van der Waals surface area contributed by atoms with Crippen LogP contribution in [0, 0.1) is 10.1 Å². The van der Waals surface area contributed by atoms with Crippen LogP contribution in [0.3, 0.4) is 0 Å². The molecule has 1 aromatic heterocycles. The van der Waals surface area contributed by atoms with Crippen LogP contribution >= 0.6 is 22.9 Å². The number of hydrazone groups is 1. The van der Waals surface area contributed by atoms with Crippen molar-refractivity contribution in [3.05, 3.63) is 63.2 Å². The number of nitro benzene ring substituents is 1. The number of anilines is 1. The minimum atomic E-state index is -0.527. The summed E-state index contributed by atoms with van der Waals surface area (Å²) in [5, 5.41) is 15.6. The number of para-hydroxylation sites is 1. The summed E-state index contributed by atoms with van der Waals surface area (Å²) in [6.45, 7) is 0. The van der Waals surface area contributed by atoms with Gasteiger partial charge in [-0.25, -0.2) is 4.98 Å². The number of benzene rings is 2. The summed E-state index contributed by atoms with van der Waals surface area (Å²) in [4.78, 5) is 14.7. The molecule has 0 spiro atoms. The van der Waals surface area contributed by atoms with Crippen molar-refractivity contribution in [2.45, 2.75) is 0 Å². The molecule has 22 heavy (non-hydrogen) atoms. The van der Waals surface area contributed by atoms with E-state index in [4.69, 9.17) is 11.6 Å². The number of nitrogens with one attached hydrogen (secondary N) is 1. The van der Waals surface area contributed by atoms with E-state index in [0.29, 0.717) is 10.7 Å². The van der Waals surface area contributed by atoms with Gasteiger partial charge in [-0.05, 0) is 18.2 Å². The lowest BCUT2D eigenvalue weighted by atomic mass is 10.2. The Kier molecular flexibility index (Phi) is 3.99. The number of hydrogen-bond acceptors (Lipinski definition) is 6. The topological polar surface area (TPSA) is 80.4 Å². The molecule has 2 aromatic carbocycles. The zero-order valence-corrected chi connectivity index (χ0v) is 12.6. The van der Waals surface area contributed by atoms with Gasteiger partial charge in [-0.3, -0.25) is 15.5 Å². The first-order valence-corrected chi connectivity index (χ1v) is 7.41. The molecule has 0 radical (unpaired) electrons. The van der Waals surface area contributed by atoms with Crippen molar-refractivity contribution >= 4 is 50.2 Å². The van der Waals surface area contributed by atoms with Gasteiger partial charge in [0.2, 0.25) is 5.13 Å². The van der Waals surface area contributed by atoms with E-state index < -0.39 is 4.92 Å². The predicted molar refractivity (Wildman–Crippen MR) is 88.9 cm³/mol. The van der Waals surface area contributed by atoms with E-state index >= 15 is 0 Å². The Labute approximate surface area is 134 Å². The second kappa shape index (κ2) is 6.08. The molecule has 0 aliphatic rings. The highest BCUT2D eigenvalue weighted by Gasteiger charge is 2.11. The number of hydrogen-bond donors (Lipinski definition) is 1. The van der Waals surface area contributed by atoms with E-state index in [0.717, 1.165) is 10.2 Å². The lowest BCUT2D eigenvalue weighted by Crippen LogP contribution is -1.93. The minimum Gasteiger partial charge on any atom is -0.258 e. The van der Waals surface area contributed by atoms with E-state index in [1.54, 1.807) is 6.07 Å². The quantitative estimate of drug-likeness (QED) is 0.438. The normalized spacial score (nSPS) is 11.1. The van der Waals surface area contributed by atoms with Crippen LogP contribution in [0.4, 0.5) is 10.8 Å². The van der Waals surface area contributed by atoms with E-state index in [1.807, 2.05) is 24.3 Å². The van der Waals surface area contributed by atoms with Crippen molar-refractivity contribution in [1.29, 1.82) is 0 Å². The molecule has 0 saturated carbocycles. The Morgan fingerprint density at radius 2 is 2.14 bits per heavy atom. The fourth-order valence-electron chi connectivity index (χ4n) is 1.83. The number of rotatable bonds is 4. The summed E-state index contributed by atoms with van der Waals surface area (Å²) in [6, 6.07) is 12.2. The van der Waals surface area contributed by atoms with Gasteiger partial charge >= 0.3 is 0 Å². The first-order valence-electron chi connectivity index (χ1n) is 6.22. The Balaban J connectivity index is 1.77. The van der Waals surface area contributed by atoms with Crippen LogP contribution in [-0.4, -0.2) is 16.1 Å². The molecule has 0 fully saturated rings. The zero-order valence-electron chi connectivity index (χ0n) is 11.1. The monoisotopic (exact) mass is 332 g/mol. The molecule has 0 bridgehead atoms. The number of fused-ring (bicyclic) bond motifs is 1. The third kappa shape index (κ3) is 3.05. The van der Waals surface area contributed by atoms with Gasteiger partial charge in [0, 0.05) is 11.6 Å². The average Bonchev–Trinajstić information content (AvgIpc) is 2.91. The van der Waals surface area contributed by atoms with Crippen LogP contribution in [-0.2, 0) is 0 Å². The summed E-state index contributed by atoms with van der Waals surface area (Å²) in [7, 11) is 0. The van der Waals surface area contributed by atoms with Crippen molar-refractivity contribution in [1.82, 2.24) is 4.98 Å². The number of nitrogens with zero attached hydrogens (tertiary/aromatic N) is 3. The summed E-state index contributed by atoms with van der Waals surface area (Å²) < 4.78 is 1.06. The molecule has 0 aliphatic heterocycles. The van der Waals surface area contributed by atoms with Gasteiger partial charge < -0.3 is 0 Å². The second-order valence-electron chi connectivity index (χ2n) is 4.32. The Morgan fingerprint density at radius 1 is 1.32 bits per heavy atom. The standard InChI is InChI=1S/C14H9ClN4O2S/c15-10-6-5-9(7-12(10)19(20)21)8-16-18-14-17-11-3-1-2-4-13(11)22-14/h1-8H,(H,17,18)/b16-8+. The first kappa shape index (κ1) is 14.4. The number of aromatic nitrogens is 1. The largest absolute Gasteiger partial charge is 0.288 e. The molecule has 0 unspecified atom stereocenters. The molecule has 0 saturated heterocycles. The van der Waals surface area contributed by atoms with Crippen LogP contribution in [0.1, 0.15) is 5.56 Å². The lowest BCUT2D eigenvalue weighted by Gasteiger charge is -1.97. The van der Waals surface area contributed by atoms with E-state index in [2.05, 4.69) is 15.5 Å². The van der Waals surface area contributed by atoms with Crippen molar-refractivity contribution in [2.24, 2.45) is 5.10 Å². The van der Waals surface area contributed by atoms with E-state index in [-0.39, 0.29) is 10.7 Å². The van der Waals surface area contributed by atoms with Crippen LogP contribution in [0.5, 0.6) is 0 Å². The summed E-state index contributed by atoms with van der Waals surface area (Å²) >= 11 is 7.23. The molecule has 0 atom stereocenters. The Hall–Kier alpha value is -2.51. The second-order valence-corrected chi connectivity index (χ2v) is 5.76. The maximum absolute atomic E-state index is 10.8. The average molecular weight is 333 g/mol. The van der Waals surface area contributed by atoms with Crippen LogP contribution in [0.15, 0.2) is 47.6 Å². The van der Waals surface area contributed by atoms with Crippen molar-refractivity contribution < 1.29 is 4.92 Å². The van der Waals surface area contributed by atoms with Crippen molar-refractivity contribution in [2.75, 3.05) is 5.43 Å². The van der Waals surface area contributed by atoms with Crippen LogP contribution < -0.4 is 5.43 Å². The van der Waals surface area contributed by atoms with Gasteiger partial charge in [0.05, 0.1) is 21.4 Å². The highest BCUT2D eigenvalue weighted by molar-refractivity contribution is 7.22. The Morgan fingerprint density at radius 3 is 2.91 bits per heavy atom. The fraction of sp³-hybridized carbons (Fsp3) is 0. The predicted octanol–water partition coefficient (Wildman–Crippen LogP) is 4.30. The van der Waals surface area contributed by atoms with E-state index in [1.165, 1.54) is 29.7 Å². The van der Waals surface area contributed by atoms with Gasteiger partial charge in [-0.1, -0.05) is 41.1 Å². The summed E-state index contributed by atoms with van der Waals surface area (Å²) in [6.07, 6.45) is 1.48. The van der Waals surface area contributed by atoms with Crippen LogP contribution in [0.2, 0.25) is 5.02 Å². The zero-order chi connectivity index (χ0) is 15.5. The fourth-order valence-corrected chi connectivity index (χ4v) is 2.83. The first-order chi connectivity index (χ1) is 10.6. The van der Waals surface area contributed by atoms with Gasteiger partial charge in [0.1, 0.15) is 5.02 Å². The third-order valence-corrected chi connectivity index (χ3v) is 4.10. The highest BCUT2D eigenvalue weighted by Crippen LogP contribution is 2.26. The number of halogens is 1. The van der Waals surface area contributed by atoms with Gasteiger partial charge in [-0.15, -0.1) is 0 Å². The SMILES string of the molecule is O=[N+]([O-])c1cc(/C=N/Nc2nc3ccccc3s2)ccc1Cl. The molecule has 1 N–H and O–H groups in total. The maximum atomic E-state index is 10.8. The molecule has 0 amide bonds. The highest BCUT2D eigenvalue weighted by atomic mass is 35.5. The molecule has 3 rings (SSSR count). The molecule has 6 nitrogen and oxygen atoms in total. The summed E-state index contributed by atoms with van der Waals surface area (Å²) in [5.41, 5.74) is 4.14.